The molecule has 1 aromatic heterocycles. The fraction of sp³-hybridized carbons (Fsp3) is 0. The standard InChI is InChI=1S/C9H4Cl2N2O3/c10-5-2-1-4(3-6(5)11)7-12-8(9(14)15)16-13-7/h1-3H,(H,14,15). The summed E-state index contributed by atoms with van der Waals surface area (Å²) in [6.07, 6.45) is 0. The molecule has 1 N–H and O–H groups in total. The molecule has 0 aliphatic rings. The fourth-order valence-electron chi connectivity index (χ4n) is 1.06. The van der Waals surface area contributed by atoms with E-state index in [2.05, 4.69) is 14.7 Å². The maximum absolute atomic E-state index is 10.5. The zero-order chi connectivity index (χ0) is 11.7. The first-order valence-electron chi connectivity index (χ1n) is 4.10. The summed E-state index contributed by atoms with van der Waals surface area (Å²) < 4.78 is 4.51. The SMILES string of the molecule is O=C(O)c1nc(-c2ccc(Cl)c(Cl)c2)no1. The van der Waals surface area contributed by atoms with Crippen LogP contribution in [0.1, 0.15) is 10.7 Å². The molecule has 0 atom stereocenters. The number of carboxylic acid groups (broad SMARTS) is 1. The number of carboxylic acids is 1. The normalized spacial score (nSPS) is 10.4. The van der Waals surface area contributed by atoms with Crippen molar-refractivity contribution in [2.45, 2.75) is 0 Å². The number of aromatic nitrogens is 2. The molecular formula is C9H4Cl2N2O3. The number of carbonyl (C=O) groups is 1. The van der Waals surface area contributed by atoms with Crippen molar-refractivity contribution in [3.63, 3.8) is 0 Å². The van der Waals surface area contributed by atoms with Gasteiger partial charge in [-0.3, -0.25) is 0 Å². The Labute approximate surface area is 99.6 Å². The Morgan fingerprint density at radius 3 is 2.62 bits per heavy atom. The Hall–Kier alpha value is -1.59. The molecule has 0 spiro atoms. The van der Waals surface area contributed by atoms with Crippen LogP contribution in [0.4, 0.5) is 0 Å². The molecule has 0 amide bonds. The molecule has 0 fully saturated rings. The lowest BCUT2D eigenvalue weighted by Gasteiger charge is -1.97. The van der Waals surface area contributed by atoms with Crippen molar-refractivity contribution in [2.24, 2.45) is 0 Å². The van der Waals surface area contributed by atoms with E-state index in [0.717, 1.165) is 0 Å². The highest BCUT2D eigenvalue weighted by Crippen LogP contribution is 2.26. The van der Waals surface area contributed by atoms with E-state index in [1.807, 2.05) is 0 Å². The van der Waals surface area contributed by atoms with Gasteiger partial charge in [0, 0.05) is 5.56 Å². The van der Waals surface area contributed by atoms with Crippen molar-refractivity contribution in [2.75, 3.05) is 0 Å². The second-order valence-electron chi connectivity index (χ2n) is 2.86. The minimum absolute atomic E-state index is 0.149. The molecule has 0 aliphatic heterocycles. The second-order valence-corrected chi connectivity index (χ2v) is 3.67. The lowest BCUT2D eigenvalue weighted by atomic mass is 10.2. The number of halogens is 2. The molecule has 0 radical (unpaired) electrons. The van der Waals surface area contributed by atoms with Gasteiger partial charge >= 0.3 is 11.9 Å². The Morgan fingerprint density at radius 2 is 2.06 bits per heavy atom. The number of hydrogen-bond donors (Lipinski definition) is 1. The van der Waals surface area contributed by atoms with Gasteiger partial charge in [0.2, 0.25) is 5.82 Å². The van der Waals surface area contributed by atoms with Crippen molar-refractivity contribution >= 4 is 29.2 Å². The van der Waals surface area contributed by atoms with Gasteiger partial charge in [-0.1, -0.05) is 28.4 Å². The Kier molecular flexibility index (Phi) is 2.80. The average Bonchev–Trinajstić information content (AvgIpc) is 2.71. The van der Waals surface area contributed by atoms with Crippen molar-refractivity contribution in [3.8, 4) is 11.4 Å². The van der Waals surface area contributed by atoms with Gasteiger partial charge in [0.05, 0.1) is 10.0 Å². The van der Waals surface area contributed by atoms with Crippen LogP contribution in [-0.4, -0.2) is 21.2 Å². The summed E-state index contributed by atoms with van der Waals surface area (Å²) in [4.78, 5) is 14.2. The van der Waals surface area contributed by atoms with Gasteiger partial charge in [0.1, 0.15) is 0 Å². The van der Waals surface area contributed by atoms with Gasteiger partial charge in [0.15, 0.2) is 0 Å². The van der Waals surface area contributed by atoms with Gasteiger partial charge in [-0.2, -0.15) is 4.98 Å². The molecule has 0 aliphatic carbocycles. The largest absolute Gasteiger partial charge is 0.474 e. The van der Waals surface area contributed by atoms with Crippen LogP contribution in [0.2, 0.25) is 10.0 Å². The van der Waals surface area contributed by atoms with Crippen LogP contribution in [0.3, 0.4) is 0 Å². The smallest absolute Gasteiger partial charge is 0.394 e. The van der Waals surface area contributed by atoms with E-state index in [1.165, 1.54) is 6.07 Å². The minimum atomic E-state index is -1.28. The quantitative estimate of drug-likeness (QED) is 0.897. The highest BCUT2D eigenvalue weighted by Gasteiger charge is 2.14. The summed E-state index contributed by atoms with van der Waals surface area (Å²) in [5.74, 6) is -1.60. The number of nitrogens with zero attached hydrogens (tertiary/aromatic N) is 2. The van der Waals surface area contributed by atoms with Crippen LogP contribution < -0.4 is 0 Å². The molecule has 0 bridgehead atoms. The summed E-state index contributed by atoms with van der Waals surface area (Å²) in [6.45, 7) is 0. The van der Waals surface area contributed by atoms with Crippen LogP contribution in [0, 0.1) is 0 Å². The molecule has 2 aromatic rings. The minimum Gasteiger partial charge on any atom is -0.474 e. The van der Waals surface area contributed by atoms with Gasteiger partial charge in [-0.05, 0) is 18.2 Å². The predicted molar refractivity (Wildman–Crippen MR) is 56.7 cm³/mol. The van der Waals surface area contributed by atoms with Crippen molar-refractivity contribution in [1.82, 2.24) is 10.1 Å². The van der Waals surface area contributed by atoms with E-state index in [9.17, 15) is 4.79 Å². The van der Waals surface area contributed by atoms with Crippen LogP contribution >= 0.6 is 23.2 Å². The predicted octanol–water partition coefficient (Wildman–Crippen LogP) is 2.74. The summed E-state index contributed by atoms with van der Waals surface area (Å²) in [5, 5.41) is 12.8. The van der Waals surface area contributed by atoms with Gasteiger partial charge in [0.25, 0.3) is 0 Å². The van der Waals surface area contributed by atoms with E-state index < -0.39 is 11.9 Å². The van der Waals surface area contributed by atoms with Crippen LogP contribution in [0.15, 0.2) is 22.7 Å². The third-order valence-corrected chi connectivity index (χ3v) is 2.53. The summed E-state index contributed by atoms with van der Waals surface area (Å²) >= 11 is 11.5. The van der Waals surface area contributed by atoms with Crippen LogP contribution in [0.5, 0.6) is 0 Å². The first kappa shape index (κ1) is 10.9. The third kappa shape index (κ3) is 2.00. The summed E-state index contributed by atoms with van der Waals surface area (Å²) in [6, 6.07) is 4.71. The average molecular weight is 259 g/mol. The topological polar surface area (TPSA) is 76.2 Å². The number of rotatable bonds is 2. The molecule has 82 valence electrons. The monoisotopic (exact) mass is 258 g/mol. The van der Waals surface area contributed by atoms with E-state index in [0.29, 0.717) is 15.6 Å². The van der Waals surface area contributed by atoms with Gasteiger partial charge in [-0.15, -0.1) is 0 Å². The number of aromatic carboxylic acids is 1. The van der Waals surface area contributed by atoms with E-state index in [1.54, 1.807) is 12.1 Å². The first-order valence-corrected chi connectivity index (χ1v) is 4.86. The zero-order valence-electron chi connectivity index (χ0n) is 7.65. The molecule has 1 aromatic carbocycles. The van der Waals surface area contributed by atoms with Gasteiger partial charge < -0.3 is 9.63 Å². The number of benzene rings is 1. The van der Waals surface area contributed by atoms with Crippen LogP contribution in [0.25, 0.3) is 11.4 Å². The fourth-order valence-corrected chi connectivity index (χ4v) is 1.36. The molecule has 0 unspecified atom stereocenters. The van der Waals surface area contributed by atoms with E-state index in [-0.39, 0.29) is 5.82 Å². The Morgan fingerprint density at radius 1 is 1.31 bits per heavy atom. The van der Waals surface area contributed by atoms with Gasteiger partial charge in [-0.25, -0.2) is 4.79 Å². The maximum Gasteiger partial charge on any atom is 0.394 e. The lowest BCUT2D eigenvalue weighted by molar-refractivity contribution is 0.0643. The third-order valence-electron chi connectivity index (χ3n) is 1.79. The Balaban J connectivity index is 2.42. The Bertz CT molecular complexity index is 553. The van der Waals surface area contributed by atoms with Crippen LogP contribution in [-0.2, 0) is 0 Å². The molecule has 2 rings (SSSR count). The van der Waals surface area contributed by atoms with Crippen molar-refractivity contribution in [1.29, 1.82) is 0 Å². The zero-order valence-corrected chi connectivity index (χ0v) is 9.16. The molecule has 0 saturated heterocycles. The second kappa shape index (κ2) is 4.11. The maximum atomic E-state index is 10.5. The molecular weight excluding hydrogens is 255 g/mol. The van der Waals surface area contributed by atoms with Crippen molar-refractivity contribution in [3.05, 3.63) is 34.1 Å². The van der Waals surface area contributed by atoms with Crippen molar-refractivity contribution < 1.29 is 14.4 Å². The summed E-state index contributed by atoms with van der Waals surface area (Å²) in [5.41, 5.74) is 0.533. The summed E-state index contributed by atoms with van der Waals surface area (Å²) in [7, 11) is 0. The molecule has 0 saturated carbocycles. The molecule has 7 heteroatoms. The highest BCUT2D eigenvalue weighted by molar-refractivity contribution is 6.42. The number of hydrogen-bond acceptors (Lipinski definition) is 4. The first-order chi connectivity index (χ1) is 7.58. The van der Waals surface area contributed by atoms with E-state index in [4.69, 9.17) is 28.3 Å². The molecule has 5 nitrogen and oxygen atoms in total. The molecule has 16 heavy (non-hydrogen) atoms. The highest BCUT2D eigenvalue weighted by atomic mass is 35.5. The van der Waals surface area contributed by atoms with E-state index >= 15 is 0 Å². The molecule has 1 heterocycles. The lowest BCUT2D eigenvalue weighted by Crippen LogP contribution is -1.95.